The first kappa shape index (κ1) is 14.4. The highest BCUT2D eigenvalue weighted by Crippen LogP contribution is 2.25. The van der Waals surface area contributed by atoms with E-state index in [1.54, 1.807) is 0 Å². The summed E-state index contributed by atoms with van der Waals surface area (Å²) in [4.78, 5) is 14.1. The van der Waals surface area contributed by atoms with E-state index in [-0.39, 0.29) is 5.91 Å². The number of fused-ring (bicyclic) bond motifs is 1. The fourth-order valence-electron chi connectivity index (χ4n) is 2.74. The van der Waals surface area contributed by atoms with E-state index < -0.39 is 0 Å². The van der Waals surface area contributed by atoms with Crippen molar-refractivity contribution in [2.45, 2.75) is 19.4 Å². The van der Waals surface area contributed by atoms with Gasteiger partial charge in [0.05, 0.1) is 26.4 Å². The second-order valence-electron chi connectivity index (χ2n) is 5.56. The Hall–Kier alpha value is -1.59. The third kappa shape index (κ3) is 3.95. The average Bonchev–Trinajstić information content (AvgIpc) is 2.54. The maximum atomic E-state index is 12.0. The van der Waals surface area contributed by atoms with Gasteiger partial charge in [0, 0.05) is 19.6 Å². The number of hydrogen-bond acceptors (Lipinski definition) is 4. The minimum Gasteiger partial charge on any atom is -0.493 e. The van der Waals surface area contributed by atoms with Gasteiger partial charge in [-0.05, 0) is 30.0 Å². The zero-order valence-electron chi connectivity index (χ0n) is 12.3. The Morgan fingerprint density at radius 1 is 1.24 bits per heavy atom. The van der Waals surface area contributed by atoms with Gasteiger partial charge in [-0.2, -0.15) is 0 Å². The number of rotatable bonds is 4. The van der Waals surface area contributed by atoms with Gasteiger partial charge >= 0.3 is 0 Å². The lowest BCUT2D eigenvalue weighted by Crippen LogP contribution is -2.43. The fourth-order valence-corrected chi connectivity index (χ4v) is 2.74. The smallest absolute Gasteiger partial charge is 0.234 e. The van der Waals surface area contributed by atoms with Gasteiger partial charge in [-0.25, -0.2) is 0 Å². The molecule has 0 bridgehead atoms. The summed E-state index contributed by atoms with van der Waals surface area (Å²) in [5.74, 6) is 1.07. The number of carbonyl (C=O) groups is 1. The molecular formula is C16H22N2O3. The molecule has 2 aliphatic heterocycles. The van der Waals surface area contributed by atoms with Gasteiger partial charge in [0.25, 0.3) is 0 Å². The van der Waals surface area contributed by atoms with Crippen LogP contribution >= 0.6 is 0 Å². The van der Waals surface area contributed by atoms with Crippen molar-refractivity contribution in [1.29, 1.82) is 0 Å². The highest BCUT2D eigenvalue weighted by atomic mass is 16.5. The number of hydrogen-bond donors (Lipinski definition) is 1. The first-order valence-corrected chi connectivity index (χ1v) is 7.63. The number of ether oxygens (including phenoxy) is 2. The number of carbonyl (C=O) groups excluding carboxylic acids is 1. The Morgan fingerprint density at radius 3 is 2.95 bits per heavy atom. The largest absolute Gasteiger partial charge is 0.493 e. The third-order valence-electron chi connectivity index (χ3n) is 3.93. The minimum absolute atomic E-state index is 0.0749. The Kier molecular flexibility index (Phi) is 4.72. The van der Waals surface area contributed by atoms with Gasteiger partial charge < -0.3 is 14.8 Å². The van der Waals surface area contributed by atoms with Crippen LogP contribution in [0.25, 0.3) is 0 Å². The van der Waals surface area contributed by atoms with Crippen molar-refractivity contribution in [1.82, 2.24) is 10.2 Å². The molecule has 1 aromatic carbocycles. The predicted octanol–water partition coefficient (Wildman–Crippen LogP) is 0.960. The van der Waals surface area contributed by atoms with E-state index >= 15 is 0 Å². The summed E-state index contributed by atoms with van der Waals surface area (Å²) in [6, 6.07) is 6.18. The number of morpholine rings is 1. The third-order valence-corrected chi connectivity index (χ3v) is 3.93. The predicted molar refractivity (Wildman–Crippen MR) is 79.4 cm³/mol. The molecule has 1 fully saturated rings. The monoisotopic (exact) mass is 290 g/mol. The molecule has 2 heterocycles. The second-order valence-corrected chi connectivity index (χ2v) is 5.56. The van der Waals surface area contributed by atoms with Crippen LogP contribution in [-0.4, -0.2) is 50.3 Å². The molecular weight excluding hydrogens is 268 g/mol. The van der Waals surface area contributed by atoms with E-state index in [1.807, 2.05) is 12.1 Å². The van der Waals surface area contributed by atoms with Gasteiger partial charge in [-0.15, -0.1) is 0 Å². The molecule has 2 aliphatic rings. The maximum absolute atomic E-state index is 12.0. The molecule has 0 unspecified atom stereocenters. The van der Waals surface area contributed by atoms with E-state index in [2.05, 4.69) is 16.3 Å². The highest BCUT2D eigenvalue weighted by molar-refractivity contribution is 5.78. The van der Waals surface area contributed by atoms with Crippen molar-refractivity contribution in [3.8, 4) is 5.75 Å². The van der Waals surface area contributed by atoms with E-state index in [1.165, 1.54) is 5.56 Å². The first-order chi connectivity index (χ1) is 10.3. The second kappa shape index (κ2) is 6.91. The molecule has 5 nitrogen and oxygen atoms in total. The molecule has 21 heavy (non-hydrogen) atoms. The fraction of sp³-hybridized carbons (Fsp3) is 0.562. The summed E-state index contributed by atoms with van der Waals surface area (Å²) in [5, 5.41) is 2.99. The molecule has 0 radical (unpaired) electrons. The lowest BCUT2D eigenvalue weighted by Gasteiger charge is -2.25. The van der Waals surface area contributed by atoms with Crippen LogP contribution in [0.15, 0.2) is 18.2 Å². The van der Waals surface area contributed by atoms with Gasteiger partial charge in [0.2, 0.25) is 5.91 Å². The molecule has 3 rings (SSSR count). The van der Waals surface area contributed by atoms with Crippen LogP contribution in [-0.2, 0) is 22.5 Å². The highest BCUT2D eigenvalue weighted by Gasteiger charge is 2.14. The summed E-state index contributed by atoms with van der Waals surface area (Å²) in [7, 11) is 0. The molecule has 1 amide bonds. The molecule has 0 atom stereocenters. The van der Waals surface area contributed by atoms with Gasteiger partial charge in [0.1, 0.15) is 5.75 Å². The molecule has 0 aliphatic carbocycles. The first-order valence-electron chi connectivity index (χ1n) is 7.63. The summed E-state index contributed by atoms with van der Waals surface area (Å²) in [6.07, 6.45) is 2.13. The lowest BCUT2D eigenvalue weighted by molar-refractivity contribution is -0.123. The zero-order valence-corrected chi connectivity index (χ0v) is 12.3. The van der Waals surface area contributed by atoms with Crippen LogP contribution in [0.3, 0.4) is 0 Å². The molecule has 0 saturated carbocycles. The van der Waals surface area contributed by atoms with E-state index in [9.17, 15) is 4.79 Å². The lowest BCUT2D eigenvalue weighted by atomic mass is 10.0. The molecule has 114 valence electrons. The summed E-state index contributed by atoms with van der Waals surface area (Å²) >= 11 is 0. The van der Waals surface area contributed by atoms with Gasteiger partial charge in [-0.1, -0.05) is 12.1 Å². The average molecular weight is 290 g/mol. The Morgan fingerprint density at radius 2 is 2.10 bits per heavy atom. The Bertz CT molecular complexity index is 498. The van der Waals surface area contributed by atoms with Crippen LogP contribution in [0.5, 0.6) is 5.75 Å². The normalized spacial score (nSPS) is 18.7. The number of nitrogens with zero attached hydrogens (tertiary/aromatic N) is 1. The Labute approximate surface area is 125 Å². The number of nitrogens with one attached hydrogen (secondary N) is 1. The molecule has 0 spiro atoms. The van der Waals surface area contributed by atoms with Crippen LogP contribution in [0.1, 0.15) is 17.5 Å². The van der Waals surface area contributed by atoms with Crippen molar-refractivity contribution in [2.24, 2.45) is 0 Å². The van der Waals surface area contributed by atoms with Crippen molar-refractivity contribution in [3.05, 3.63) is 29.3 Å². The van der Waals surface area contributed by atoms with Crippen LogP contribution < -0.4 is 10.1 Å². The van der Waals surface area contributed by atoms with Gasteiger partial charge in [-0.3, -0.25) is 9.69 Å². The topological polar surface area (TPSA) is 50.8 Å². The van der Waals surface area contributed by atoms with Crippen molar-refractivity contribution in [2.75, 3.05) is 39.5 Å². The molecule has 5 heteroatoms. The van der Waals surface area contributed by atoms with Crippen molar-refractivity contribution >= 4 is 5.91 Å². The molecule has 0 aromatic heterocycles. The summed E-state index contributed by atoms with van der Waals surface area (Å²) in [5.41, 5.74) is 2.38. The summed E-state index contributed by atoms with van der Waals surface area (Å²) in [6.45, 7) is 4.96. The zero-order chi connectivity index (χ0) is 14.5. The number of amides is 1. The van der Waals surface area contributed by atoms with E-state index in [4.69, 9.17) is 9.47 Å². The van der Waals surface area contributed by atoms with E-state index in [0.29, 0.717) is 13.1 Å². The molecule has 1 saturated heterocycles. The minimum atomic E-state index is 0.0749. The number of benzene rings is 1. The Balaban J connectivity index is 1.49. The number of aryl methyl sites for hydroxylation is 1. The SMILES string of the molecule is O=C(CN1CCOCC1)NCc1ccc2c(c1)CCCO2. The van der Waals surface area contributed by atoms with Crippen molar-refractivity contribution in [3.63, 3.8) is 0 Å². The van der Waals surface area contributed by atoms with Crippen LogP contribution in [0, 0.1) is 0 Å². The molecule has 1 aromatic rings. The van der Waals surface area contributed by atoms with E-state index in [0.717, 1.165) is 57.1 Å². The van der Waals surface area contributed by atoms with Gasteiger partial charge in [0.15, 0.2) is 0 Å². The summed E-state index contributed by atoms with van der Waals surface area (Å²) < 4.78 is 10.9. The van der Waals surface area contributed by atoms with Crippen LogP contribution in [0.4, 0.5) is 0 Å². The standard InChI is InChI=1S/C16H22N2O3/c19-16(12-18-5-8-20-9-6-18)17-11-13-3-4-15-14(10-13)2-1-7-21-15/h3-4,10H,1-2,5-9,11-12H2,(H,17,19). The molecule has 1 N–H and O–H groups in total. The van der Waals surface area contributed by atoms with Crippen LogP contribution in [0.2, 0.25) is 0 Å². The quantitative estimate of drug-likeness (QED) is 0.897. The van der Waals surface area contributed by atoms with Crippen molar-refractivity contribution < 1.29 is 14.3 Å². The maximum Gasteiger partial charge on any atom is 0.234 e.